The standard InChI is InChI=1S/C36H24N2.C35H26N2.2C34H22N2/c1-4-14-25(15-5-1)32-24-33(38-36(37-32)27-18-8-3-9-19-27)35-30-22-12-10-20-28(30)34(26-16-6-2-7-17-26)29-21-11-13-23-31(29)35;1-35(2)29-20-18-23-11-9-10-16-27(23)33(29)28-19-17-26(21-30(28)35)32-22-31(24-12-5-3-6-13-24)36-34(37-32)25-14-7-4-8-15-25;1-3-12-24(13-4-1)32-22-33(36-34(35-32)25-14-5-2-6-15-25)31-21-30-26-16-8-7-11-23(26)19-20-29(30)27-17-9-10-18-28(27)31;1-3-11-23(12-4-1)32-22-33(24-13-5-2-6-14-24)36-34(35-32)25-19-20-30-28-17-8-7-15-26(28)27-16-9-10-18-29(27)31(30)21-25/h1-24H;3-22H,1-2H3;2*1-22H. The van der Waals surface area contributed by atoms with Crippen LogP contribution in [-0.4, -0.2) is 39.9 Å². The SMILES string of the molecule is CC1(C)c2cc(-c3cc(-c4ccccc4)nc(-c4ccccc4)n3)ccc2-c2c1ccc1ccccc21.c1ccc(-c2cc(-c3c4ccccc4c(-c4ccccc4)c4ccccc34)nc(-c3ccccc3)n2)cc1.c1ccc(-c2cc(-c3cc4c5ccccc5ccc4c4ccccc34)nc(-c3ccccc3)n2)cc1.c1ccc(-c2cc(-c3ccccc3)nc(-c3ccc4c5ccccc5c5ccccc5c4c3)n2)cc1. The summed E-state index contributed by atoms with van der Waals surface area (Å²) < 4.78 is 0. The third-order valence-electron chi connectivity index (χ3n) is 28.5. The van der Waals surface area contributed by atoms with Crippen LogP contribution in [0.4, 0.5) is 0 Å². The summed E-state index contributed by atoms with van der Waals surface area (Å²) in [5, 5.41) is 22.3. The van der Waals surface area contributed by atoms with Gasteiger partial charge < -0.3 is 0 Å². The van der Waals surface area contributed by atoms with Gasteiger partial charge in [-0.25, -0.2) is 39.9 Å². The fourth-order valence-corrected chi connectivity index (χ4v) is 21.4. The molecule has 147 heavy (non-hydrogen) atoms. The third kappa shape index (κ3) is 17.3. The summed E-state index contributed by atoms with van der Waals surface area (Å²) in [5.74, 6) is 2.93. The maximum Gasteiger partial charge on any atom is 0.160 e. The molecular weight excluding hydrogens is 1780 g/mol. The Hall–Kier alpha value is -19.3. The topological polar surface area (TPSA) is 103 Å². The first-order valence-corrected chi connectivity index (χ1v) is 50.0. The van der Waals surface area contributed by atoms with Crippen molar-refractivity contribution in [2.45, 2.75) is 19.3 Å². The number of rotatable bonds is 13. The number of aromatic nitrogens is 8. The summed E-state index contributed by atoms with van der Waals surface area (Å²) in [6.07, 6.45) is 0. The zero-order valence-electron chi connectivity index (χ0n) is 80.9. The maximum atomic E-state index is 5.19. The van der Waals surface area contributed by atoms with Gasteiger partial charge in [-0.2, -0.15) is 0 Å². The van der Waals surface area contributed by atoms with E-state index in [2.05, 4.69) is 438 Å². The number of hydrogen-bond acceptors (Lipinski definition) is 8. The van der Waals surface area contributed by atoms with Gasteiger partial charge >= 0.3 is 0 Å². The van der Waals surface area contributed by atoms with Crippen molar-refractivity contribution in [1.29, 1.82) is 0 Å². The van der Waals surface area contributed by atoms with Crippen LogP contribution in [0, 0.1) is 0 Å². The number of hydrogen-bond donors (Lipinski definition) is 0. The molecule has 0 saturated heterocycles. The highest BCUT2D eigenvalue weighted by Gasteiger charge is 2.37. The summed E-state index contributed by atoms with van der Waals surface area (Å²) in [7, 11) is 0. The van der Waals surface area contributed by atoms with Crippen molar-refractivity contribution in [3.63, 3.8) is 0 Å². The average Bonchev–Trinajstić information content (AvgIpc) is 1.67. The molecule has 4 aromatic heterocycles. The molecule has 8 heteroatoms. The van der Waals surface area contributed by atoms with Crippen molar-refractivity contribution >= 4 is 97.0 Å². The number of benzene rings is 23. The van der Waals surface area contributed by atoms with Crippen LogP contribution < -0.4 is 0 Å². The van der Waals surface area contributed by atoms with Gasteiger partial charge in [-0.15, -0.1) is 0 Å². The lowest BCUT2D eigenvalue weighted by Gasteiger charge is -2.22. The predicted molar refractivity (Wildman–Crippen MR) is 614 cm³/mol. The van der Waals surface area contributed by atoms with Gasteiger partial charge in [0.05, 0.1) is 45.6 Å². The molecular formula is C139H94N8. The summed E-state index contributed by atoms with van der Waals surface area (Å²) >= 11 is 0. The summed E-state index contributed by atoms with van der Waals surface area (Å²) in [5.41, 5.74) is 28.0. The van der Waals surface area contributed by atoms with Gasteiger partial charge in [0.1, 0.15) is 0 Å². The Labute approximate surface area is 852 Å². The van der Waals surface area contributed by atoms with Crippen LogP contribution in [0.2, 0.25) is 0 Å². The highest BCUT2D eigenvalue weighted by Crippen LogP contribution is 2.53. The fourth-order valence-electron chi connectivity index (χ4n) is 21.4. The molecule has 0 aliphatic heterocycles. The lowest BCUT2D eigenvalue weighted by atomic mass is 9.81. The van der Waals surface area contributed by atoms with Crippen molar-refractivity contribution < 1.29 is 0 Å². The van der Waals surface area contributed by atoms with Crippen LogP contribution in [0.5, 0.6) is 0 Å². The van der Waals surface area contributed by atoms with Crippen molar-refractivity contribution in [3.05, 3.63) is 545 Å². The minimum Gasteiger partial charge on any atom is -0.228 e. The molecule has 690 valence electrons. The summed E-state index contributed by atoms with van der Waals surface area (Å²) in [6.45, 7) is 4.67. The van der Waals surface area contributed by atoms with Crippen molar-refractivity contribution in [2.75, 3.05) is 0 Å². The largest absolute Gasteiger partial charge is 0.228 e. The molecule has 1 aliphatic rings. The molecule has 0 N–H and O–H groups in total. The first-order chi connectivity index (χ1) is 72.7. The van der Waals surface area contributed by atoms with Crippen molar-refractivity contribution in [3.8, 4) is 158 Å². The Morgan fingerprint density at radius 2 is 0.395 bits per heavy atom. The van der Waals surface area contributed by atoms with Crippen LogP contribution in [0.25, 0.3) is 255 Å². The lowest BCUT2D eigenvalue weighted by molar-refractivity contribution is 0.661. The quantitative estimate of drug-likeness (QED) is 0.0831. The van der Waals surface area contributed by atoms with Gasteiger partial charge in [0, 0.05) is 72.2 Å². The Morgan fingerprint density at radius 1 is 0.129 bits per heavy atom. The van der Waals surface area contributed by atoms with E-state index < -0.39 is 0 Å². The van der Waals surface area contributed by atoms with E-state index in [1.165, 1.54) is 130 Å². The van der Waals surface area contributed by atoms with Crippen LogP contribution >= 0.6 is 0 Å². The van der Waals surface area contributed by atoms with Crippen molar-refractivity contribution in [1.82, 2.24) is 39.9 Å². The molecule has 0 spiro atoms. The molecule has 8 nitrogen and oxygen atoms in total. The molecule has 0 saturated carbocycles. The molecule has 0 atom stereocenters. The van der Waals surface area contributed by atoms with E-state index in [0.29, 0.717) is 0 Å². The second-order valence-electron chi connectivity index (χ2n) is 37.8. The van der Waals surface area contributed by atoms with Gasteiger partial charge in [0.15, 0.2) is 23.3 Å². The van der Waals surface area contributed by atoms with Gasteiger partial charge in [0.2, 0.25) is 0 Å². The first-order valence-electron chi connectivity index (χ1n) is 50.0. The molecule has 0 radical (unpaired) electrons. The van der Waals surface area contributed by atoms with Gasteiger partial charge in [-0.1, -0.05) is 505 Å². The second kappa shape index (κ2) is 39.0. The Bertz CT molecular complexity index is 9330. The van der Waals surface area contributed by atoms with Gasteiger partial charge in [-0.05, 0) is 173 Å². The number of fused-ring (bicyclic) bond motifs is 18. The molecule has 0 fully saturated rings. The van der Waals surface area contributed by atoms with E-state index in [4.69, 9.17) is 39.9 Å². The minimum atomic E-state index is -0.0950. The maximum absolute atomic E-state index is 5.19. The molecule has 0 bridgehead atoms. The molecule has 0 unspecified atom stereocenters. The highest BCUT2D eigenvalue weighted by atomic mass is 14.9. The smallest absolute Gasteiger partial charge is 0.160 e. The molecule has 0 amide bonds. The predicted octanol–water partition coefficient (Wildman–Crippen LogP) is 36.3. The Balaban J connectivity index is 0.000000102. The summed E-state index contributed by atoms with van der Waals surface area (Å²) in [4.78, 5) is 40.4. The molecule has 23 aromatic carbocycles. The van der Waals surface area contributed by atoms with Crippen LogP contribution in [-0.2, 0) is 5.41 Å². The Kier molecular flexibility index (Phi) is 23.6. The molecule has 27 aromatic rings. The number of nitrogens with zero attached hydrogens (tertiary/aromatic N) is 8. The second-order valence-corrected chi connectivity index (χ2v) is 37.8. The fraction of sp³-hybridized carbons (Fsp3) is 0.0216. The molecule has 28 rings (SSSR count). The van der Waals surface area contributed by atoms with Crippen molar-refractivity contribution in [2.24, 2.45) is 0 Å². The minimum absolute atomic E-state index is 0.0950. The van der Waals surface area contributed by atoms with E-state index in [1.54, 1.807) is 0 Å². The van der Waals surface area contributed by atoms with E-state index in [9.17, 15) is 0 Å². The van der Waals surface area contributed by atoms with E-state index in [1.807, 2.05) is 109 Å². The van der Waals surface area contributed by atoms with Gasteiger partial charge in [-0.3, -0.25) is 0 Å². The molecule has 4 heterocycles. The monoisotopic (exact) mass is 1870 g/mol. The van der Waals surface area contributed by atoms with E-state index in [-0.39, 0.29) is 5.41 Å². The molecule has 1 aliphatic carbocycles. The zero-order chi connectivity index (χ0) is 98.1. The van der Waals surface area contributed by atoms with Gasteiger partial charge in [0.25, 0.3) is 0 Å². The van der Waals surface area contributed by atoms with Crippen LogP contribution in [0.15, 0.2) is 534 Å². The van der Waals surface area contributed by atoms with E-state index in [0.717, 1.165) is 136 Å². The summed E-state index contributed by atoms with van der Waals surface area (Å²) in [6, 6.07) is 187. The Morgan fingerprint density at radius 3 is 0.816 bits per heavy atom. The average molecular weight is 1880 g/mol. The van der Waals surface area contributed by atoms with E-state index >= 15 is 0 Å². The normalized spacial score (nSPS) is 11.8. The van der Waals surface area contributed by atoms with Crippen LogP contribution in [0.1, 0.15) is 25.0 Å². The first kappa shape index (κ1) is 89.1. The zero-order valence-corrected chi connectivity index (χ0v) is 80.9. The third-order valence-corrected chi connectivity index (χ3v) is 28.5. The lowest BCUT2D eigenvalue weighted by Crippen LogP contribution is -2.15. The highest BCUT2D eigenvalue weighted by molar-refractivity contribution is 6.27. The van der Waals surface area contributed by atoms with Crippen LogP contribution in [0.3, 0.4) is 0 Å².